The molecule has 0 aromatic heterocycles. The number of amides is 2. The van der Waals surface area contributed by atoms with Crippen molar-refractivity contribution in [3.8, 4) is 5.75 Å². The summed E-state index contributed by atoms with van der Waals surface area (Å²) in [5.41, 5.74) is 0.873. The Bertz CT molecular complexity index is 1430. The predicted molar refractivity (Wildman–Crippen MR) is 219 cm³/mol. The van der Waals surface area contributed by atoms with Crippen LogP contribution in [0.2, 0.25) is 0 Å². The van der Waals surface area contributed by atoms with Gasteiger partial charge in [-0.05, 0) is 116 Å². The summed E-state index contributed by atoms with van der Waals surface area (Å²) >= 11 is 14.0. The van der Waals surface area contributed by atoms with Crippen molar-refractivity contribution in [3.05, 3.63) is 59.8 Å². The number of hydrogen-bond acceptors (Lipinski definition) is 8. The molecule has 1 aromatic carbocycles. The lowest BCUT2D eigenvalue weighted by atomic mass is 10.0. The number of aliphatic hydroxyl groups excluding tert-OH is 1. The highest BCUT2D eigenvalue weighted by Crippen LogP contribution is 2.41. The first-order chi connectivity index (χ1) is 25.0. The number of allylic oxidation sites excluding steroid dienone is 3. The molecule has 0 unspecified atom stereocenters. The number of nitrogens with one attached hydrogen (secondary N) is 2. The maximum Gasteiger partial charge on any atom is 0.311 e. The van der Waals surface area contributed by atoms with Crippen LogP contribution in [0, 0.1) is 5.92 Å². The average Bonchev–Trinajstić information content (AvgIpc) is 3.34. The van der Waals surface area contributed by atoms with Gasteiger partial charge in [-0.3, -0.25) is 9.59 Å². The van der Waals surface area contributed by atoms with E-state index in [4.69, 9.17) is 19.0 Å². The van der Waals surface area contributed by atoms with Crippen LogP contribution in [0.25, 0.3) is 0 Å². The van der Waals surface area contributed by atoms with Crippen molar-refractivity contribution in [2.75, 3.05) is 26.8 Å². The van der Waals surface area contributed by atoms with Gasteiger partial charge in [0, 0.05) is 24.0 Å². The minimum Gasteiger partial charge on any atom is -0.495 e. The zero-order chi connectivity index (χ0) is 37.9. The molecule has 0 saturated heterocycles. The molecule has 3 rings (SSSR count). The molecule has 2 aliphatic rings. The van der Waals surface area contributed by atoms with Gasteiger partial charge in [0.25, 0.3) is 5.91 Å². The van der Waals surface area contributed by atoms with Gasteiger partial charge in [0.2, 0.25) is 5.91 Å². The topological polar surface area (TPSA) is 128 Å². The van der Waals surface area contributed by atoms with Crippen LogP contribution in [0.4, 0.5) is 0 Å². The van der Waals surface area contributed by atoms with Gasteiger partial charge in [0.05, 0.1) is 33.6 Å². The van der Waals surface area contributed by atoms with Gasteiger partial charge in [-0.15, -0.1) is 0 Å². The molecule has 2 amide bonds. The Labute approximate surface area is 342 Å². The van der Waals surface area contributed by atoms with Gasteiger partial charge in [0.1, 0.15) is 17.8 Å². The fourth-order valence-electron chi connectivity index (χ4n) is 5.70. The Balaban J connectivity index is 1.26. The molecule has 52 heavy (non-hydrogen) atoms. The normalized spacial score (nSPS) is 18.6. The predicted octanol–water partition coefficient (Wildman–Crippen LogP) is 9.61. The van der Waals surface area contributed by atoms with E-state index in [2.05, 4.69) is 106 Å². The smallest absolute Gasteiger partial charge is 0.311 e. The van der Waals surface area contributed by atoms with Crippen LogP contribution in [0.3, 0.4) is 0 Å². The Morgan fingerprint density at radius 2 is 1.65 bits per heavy atom. The Morgan fingerprint density at radius 1 is 0.981 bits per heavy atom. The highest BCUT2D eigenvalue weighted by Gasteiger charge is 2.54. The van der Waals surface area contributed by atoms with Crippen molar-refractivity contribution in [3.63, 3.8) is 0 Å². The summed E-state index contributed by atoms with van der Waals surface area (Å²) in [6, 6.07) is 3.97. The quantitative estimate of drug-likeness (QED) is 0.0737. The van der Waals surface area contributed by atoms with Crippen LogP contribution in [0.15, 0.2) is 59.4 Å². The number of halogens is 4. The third-order valence-corrected chi connectivity index (χ3v) is 11.0. The molecule has 0 fully saturated rings. The van der Waals surface area contributed by atoms with E-state index in [-0.39, 0.29) is 24.6 Å². The summed E-state index contributed by atoms with van der Waals surface area (Å²) in [6.45, 7) is 5.74. The SMILES string of the molecule is COC1=C(Br)C[C@]2(OC=C1Br)ON=C(C(=O)NCCCOc1c(Br)cc(CCNC(=O)CCCCCCCCC=CCCCC(C)C)cc1Br)[C@@H]2O. The molecule has 0 bridgehead atoms. The fraction of sp³-hybridized carbons (Fsp3) is 0.605. The number of ether oxygens (including phenoxy) is 3. The molecule has 3 N–H and O–H groups in total. The second kappa shape index (κ2) is 23.8. The zero-order valence-corrected chi connectivity index (χ0v) is 36.8. The molecule has 1 spiro atoms. The van der Waals surface area contributed by atoms with E-state index in [1.807, 2.05) is 12.1 Å². The third-order valence-electron chi connectivity index (χ3n) is 8.63. The number of oxime groups is 1. The first-order valence-corrected chi connectivity index (χ1v) is 21.4. The number of methoxy groups -OCH3 is 1. The highest BCUT2D eigenvalue weighted by molar-refractivity contribution is 9.12. The largest absolute Gasteiger partial charge is 0.495 e. The monoisotopic (exact) mass is 979 g/mol. The summed E-state index contributed by atoms with van der Waals surface area (Å²) in [5, 5.41) is 20.5. The molecule has 0 aliphatic carbocycles. The first kappa shape index (κ1) is 44.5. The van der Waals surface area contributed by atoms with Crippen molar-refractivity contribution in [2.45, 2.75) is 116 Å². The Morgan fingerprint density at radius 3 is 2.35 bits per heavy atom. The minimum atomic E-state index is -1.60. The maximum atomic E-state index is 12.8. The molecule has 290 valence electrons. The third kappa shape index (κ3) is 14.8. The lowest BCUT2D eigenvalue weighted by Crippen LogP contribution is -2.49. The maximum absolute atomic E-state index is 12.8. The van der Waals surface area contributed by atoms with Gasteiger partial charge in [-0.1, -0.05) is 79.2 Å². The first-order valence-electron chi connectivity index (χ1n) is 18.2. The highest BCUT2D eigenvalue weighted by atomic mass is 79.9. The van der Waals surface area contributed by atoms with Crippen LogP contribution < -0.4 is 15.4 Å². The fourth-order valence-corrected chi connectivity index (χ4v) is 8.74. The number of carbonyl (C=O) groups is 2. The Hall–Kier alpha value is -1.87. The van der Waals surface area contributed by atoms with E-state index < -0.39 is 17.8 Å². The van der Waals surface area contributed by atoms with Crippen molar-refractivity contribution >= 4 is 81.2 Å². The molecule has 2 heterocycles. The number of nitrogens with zero attached hydrogens (tertiary/aromatic N) is 1. The summed E-state index contributed by atoms with van der Waals surface area (Å²) in [5.74, 6) is -0.144. The molecule has 0 radical (unpaired) electrons. The second-order valence-corrected chi connectivity index (χ2v) is 16.9. The summed E-state index contributed by atoms with van der Waals surface area (Å²) < 4.78 is 19.7. The van der Waals surface area contributed by atoms with Gasteiger partial charge in [0.15, 0.2) is 11.8 Å². The number of benzene rings is 1. The van der Waals surface area contributed by atoms with E-state index in [0.29, 0.717) is 52.9 Å². The van der Waals surface area contributed by atoms with Crippen LogP contribution >= 0.6 is 63.7 Å². The van der Waals surface area contributed by atoms with Crippen LogP contribution in [0.1, 0.15) is 103 Å². The van der Waals surface area contributed by atoms with E-state index in [9.17, 15) is 14.7 Å². The molecular weight excluding hydrogens is 930 g/mol. The zero-order valence-electron chi connectivity index (χ0n) is 30.4. The second-order valence-electron chi connectivity index (χ2n) is 13.4. The molecule has 2 atom stereocenters. The van der Waals surface area contributed by atoms with Gasteiger partial charge >= 0.3 is 5.79 Å². The van der Waals surface area contributed by atoms with Crippen LogP contribution in [0.5, 0.6) is 5.75 Å². The molecule has 10 nitrogen and oxygen atoms in total. The number of carbonyl (C=O) groups excluding carboxylic acids is 2. The van der Waals surface area contributed by atoms with Crippen molar-refractivity contribution in [1.82, 2.24) is 10.6 Å². The van der Waals surface area contributed by atoms with Crippen LogP contribution in [-0.2, 0) is 30.3 Å². The Kier molecular flexibility index (Phi) is 20.4. The lowest BCUT2D eigenvalue weighted by molar-refractivity contribution is -0.225. The van der Waals surface area contributed by atoms with Crippen molar-refractivity contribution in [2.24, 2.45) is 11.1 Å². The minimum absolute atomic E-state index is 0.0617. The van der Waals surface area contributed by atoms with E-state index >= 15 is 0 Å². The van der Waals surface area contributed by atoms with E-state index in [0.717, 1.165) is 33.3 Å². The average molecular weight is 983 g/mol. The summed E-state index contributed by atoms with van der Waals surface area (Å²) in [4.78, 5) is 30.6. The number of rotatable bonds is 23. The van der Waals surface area contributed by atoms with E-state index in [1.54, 1.807) is 0 Å². The molecule has 1 aromatic rings. The van der Waals surface area contributed by atoms with Crippen LogP contribution in [-0.4, -0.2) is 61.3 Å². The summed E-state index contributed by atoms with van der Waals surface area (Å²) in [7, 11) is 1.51. The van der Waals surface area contributed by atoms with Crippen molar-refractivity contribution in [1.29, 1.82) is 0 Å². The standard InChI is InChI=1S/C38H53Br4N3O7/c1-26(2)16-13-11-9-7-5-4-6-8-10-12-14-17-32(46)43-20-18-27-22-28(39)35(29(40)23-27)50-21-15-19-44-37(48)33-36(47)38(52-45-33)24-30(41)34(49-3)31(42)25-51-38/h7,9,22-23,25-26,36,47H,4-6,8,10-21,24H2,1-3H3,(H,43,46)(H,44,48)/t36-,38-/m0/s1. The molecule has 2 aliphatic heterocycles. The molecule has 0 saturated carbocycles. The summed E-state index contributed by atoms with van der Waals surface area (Å²) in [6.07, 6.45) is 18.4. The molecular formula is C38H53Br4N3O7. The van der Waals surface area contributed by atoms with E-state index in [1.165, 1.54) is 64.7 Å². The lowest BCUT2D eigenvalue weighted by Gasteiger charge is -2.27. The number of hydrogen-bond donors (Lipinski definition) is 3. The molecule has 14 heteroatoms. The number of aliphatic hydroxyl groups is 1. The number of unbranched alkanes of at least 4 members (excludes halogenated alkanes) is 7. The van der Waals surface area contributed by atoms with Gasteiger partial charge in [-0.2, -0.15) is 0 Å². The van der Waals surface area contributed by atoms with Crippen molar-refractivity contribution < 1.29 is 33.7 Å². The van der Waals surface area contributed by atoms with Gasteiger partial charge in [-0.25, -0.2) is 0 Å². The van der Waals surface area contributed by atoms with Gasteiger partial charge < -0.3 is 34.8 Å².